The molecule has 0 aliphatic heterocycles. The average Bonchev–Trinajstić information content (AvgIpc) is 1.91. The normalized spacial score (nSPS) is 9.33. The van der Waals surface area contributed by atoms with Gasteiger partial charge in [0.1, 0.15) is 5.75 Å². The lowest BCUT2D eigenvalue weighted by Gasteiger charge is -1.92. The van der Waals surface area contributed by atoms with Gasteiger partial charge in [-0.3, -0.25) is 0 Å². The fraction of sp³-hybridized carbons (Fsp3) is 0. The molecular formula is C6H5OPS. The summed E-state index contributed by atoms with van der Waals surface area (Å²) < 4.78 is 4.99. The molecule has 0 aliphatic carbocycles. The Labute approximate surface area is 60.6 Å². The molecule has 46 valence electrons. The van der Waals surface area contributed by atoms with Crippen molar-refractivity contribution in [3.05, 3.63) is 30.3 Å². The number of hydrogen-bond donors (Lipinski definition) is 0. The molecule has 0 saturated carbocycles. The largest absolute Gasteiger partial charge is 0.429 e. The zero-order valence-electron chi connectivity index (χ0n) is 4.65. The maximum Gasteiger partial charge on any atom is 0.205 e. The molecule has 1 aromatic carbocycles. The Balaban J connectivity index is 2.72. The van der Waals surface area contributed by atoms with Crippen LogP contribution in [0.15, 0.2) is 30.3 Å². The van der Waals surface area contributed by atoms with Crippen LogP contribution in [0.3, 0.4) is 0 Å². The van der Waals surface area contributed by atoms with E-state index in [9.17, 15) is 0 Å². The van der Waals surface area contributed by atoms with E-state index in [1.165, 1.54) is 0 Å². The lowest BCUT2D eigenvalue weighted by Crippen LogP contribution is -1.70. The van der Waals surface area contributed by atoms with Gasteiger partial charge in [-0.1, -0.05) is 18.2 Å². The molecule has 0 bridgehead atoms. The molecule has 0 amide bonds. The second-order valence-electron chi connectivity index (χ2n) is 1.48. The predicted octanol–water partition coefficient (Wildman–Crippen LogP) is 2.39. The third kappa shape index (κ3) is 2.08. The van der Waals surface area contributed by atoms with E-state index in [-0.39, 0.29) is 0 Å². The van der Waals surface area contributed by atoms with E-state index >= 15 is 0 Å². The van der Waals surface area contributed by atoms with Crippen molar-refractivity contribution in [2.75, 3.05) is 0 Å². The number of hydrogen-bond acceptors (Lipinski definition) is 2. The zero-order valence-corrected chi connectivity index (χ0v) is 6.36. The van der Waals surface area contributed by atoms with E-state index in [0.717, 1.165) is 5.75 Å². The number of para-hydroxylation sites is 1. The molecule has 3 heteroatoms. The van der Waals surface area contributed by atoms with E-state index in [0.29, 0.717) is 7.58 Å². The van der Waals surface area contributed by atoms with Crippen LogP contribution in [0.5, 0.6) is 5.75 Å². The van der Waals surface area contributed by atoms with Crippen LogP contribution >= 0.6 is 7.58 Å². The second-order valence-corrected chi connectivity index (χ2v) is 2.26. The molecule has 0 fully saturated rings. The SMILES string of the molecule is S=POc1ccccc1. The Bertz CT molecular complexity index is 188. The first kappa shape index (κ1) is 6.66. The van der Waals surface area contributed by atoms with Crippen LogP contribution in [0.1, 0.15) is 0 Å². The first-order valence-corrected chi connectivity index (χ1v) is 4.31. The summed E-state index contributed by atoms with van der Waals surface area (Å²) in [4.78, 5) is 0. The smallest absolute Gasteiger partial charge is 0.205 e. The quantitative estimate of drug-likeness (QED) is 0.608. The van der Waals surface area contributed by atoms with E-state index in [1.807, 2.05) is 30.3 Å². The Morgan fingerprint density at radius 3 is 2.44 bits per heavy atom. The van der Waals surface area contributed by atoms with Crippen LogP contribution < -0.4 is 4.52 Å². The Morgan fingerprint density at radius 1 is 1.22 bits per heavy atom. The highest BCUT2D eigenvalue weighted by molar-refractivity contribution is 7.94. The number of benzene rings is 1. The molecular weight excluding hydrogens is 151 g/mol. The van der Waals surface area contributed by atoms with Gasteiger partial charge in [0.05, 0.1) is 0 Å². The highest BCUT2D eigenvalue weighted by atomic mass is 32.4. The van der Waals surface area contributed by atoms with Gasteiger partial charge in [-0.15, -0.1) is 0 Å². The minimum atomic E-state index is 0.528. The molecule has 0 aliphatic rings. The van der Waals surface area contributed by atoms with Gasteiger partial charge in [0.2, 0.25) is 7.58 Å². The minimum absolute atomic E-state index is 0.528. The van der Waals surface area contributed by atoms with Gasteiger partial charge in [-0.25, -0.2) is 0 Å². The predicted molar refractivity (Wildman–Crippen MR) is 41.4 cm³/mol. The standard InChI is InChI=1S/C6H5OPS/c9-8-7-6-4-2-1-3-5-6/h1-5H. The maximum absolute atomic E-state index is 4.99. The molecule has 0 radical (unpaired) electrons. The summed E-state index contributed by atoms with van der Waals surface area (Å²) in [5, 5.41) is 0. The number of rotatable bonds is 2. The van der Waals surface area contributed by atoms with Crippen LogP contribution in [0, 0.1) is 0 Å². The van der Waals surface area contributed by atoms with Gasteiger partial charge in [-0.05, 0) is 23.9 Å². The van der Waals surface area contributed by atoms with Crippen LogP contribution in [0.25, 0.3) is 0 Å². The lowest BCUT2D eigenvalue weighted by atomic mass is 10.3. The van der Waals surface area contributed by atoms with Gasteiger partial charge in [0.15, 0.2) is 0 Å². The van der Waals surface area contributed by atoms with Gasteiger partial charge in [0, 0.05) is 0 Å². The molecule has 9 heavy (non-hydrogen) atoms. The Morgan fingerprint density at radius 2 is 1.89 bits per heavy atom. The molecule has 1 rings (SSSR count). The summed E-state index contributed by atoms with van der Waals surface area (Å²) >= 11 is 4.58. The summed E-state index contributed by atoms with van der Waals surface area (Å²) in [6.45, 7) is 0. The van der Waals surface area contributed by atoms with E-state index in [1.54, 1.807) is 0 Å². The third-order valence-corrected chi connectivity index (χ3v) is 1.39. The first-order chi connectivity index (χ1) is 4.43. The van der Waals surface area contributed by atoms with Crippen molar-refractivity contribution >= 4 is 19.4 Å². The van der Waals surface area contributed by atoms with Crippen molar-refractivity contribution in [3.8, 4) is 5.75 Å². The summed E-state index contributed by atoms with van der Waals surface area (Å²) in [7, 11) is 0.528. The fourth-order valence-corrected chi connectivity index (χ4v) is 0.990. The fourth-order valence-electron chi connectivity index (χ4n) is 0.524. The van der Waals surface area contributed by atoms with E-state index in [4.69, 9.17) is 4.52 Å². The summed E-state index contributed by atoms with van der Waals surface area (Å²) in [5.41, 5.74) is 0. The van der Waals surface area contributed by atoms with Crippen molar-refractivity contribution in [3.63, 3.8) is 0 Å². The van der Waals surface area contributed by atoms with Gasteiger partial charge < -0.3 is 4.52 Å². The third-order valence-electron chi connectivity index (χ3n) is 0.886. The maximum atomic E-state index is 4.99. The van der Waals surface area contributed by atoms with Crippen molar-refractivity contribution in [1.82, 2.24) is 0 Å². The molecule has 1 nitrogen and oxygen atoms in total. The average molecular weight is 156 g/mol. The zero-order chi connectivity index (χ0) is 6.53. The van der Waals surface area contributed by atoms with Crippen molar-refractivity contribution in [2.45, 2.75) is 0 Å². The van der Waals surface area contributed by atoms with Crippen molar-refractivity contribution < 1.29 is 4.52 Å². The van der Waals surface area contributed by atoms with Crippen molar-refractivity contribution in [2.24, 2.45) is 0 Å². The first-order valence-electron chi connectivity index (χ1n) is 2.48. The molecule has 0 saturated heterocycles. The molecule has 0 N–H and O–H groups in total. The van der Waals surface area contributed by atoms with E-state index < -0.39 is 0 Å². The van der Waals surface area contributed by atoms with Crippen LogP contribution in [0.2, 0.25) is 0 Å². The summed E-state index contributed by atoms with van der Waals surface area (Å²) in [6.07, 6.45) is 0. The molecule has 1 aromatic rings. The summed E-state index contributed by atoms with van der Waals surface area (Å²) in [6, 6.07) is 9.51. The highest BCUT2D eigenvalue weighted by Crippen LogP contribution is 2.12. The topological polar surface area (TPSA) is 9.23 Å². The van der Waals surface area contributed by atoms with Gasteiger partial charge >= 0.3 is 0 Å². The monoisotopic (exact) mass is 156 g/mol. The second kappa shape index (κ2) is 3.54. The Kier molecular flexibility index (Phi) is 2.62. The Hall–Kier alpha value is -0.460. The molecule has 0 unspecified atom stereocenters. The summed E-state index contributed by atoms with van der Waals surface area (Å²) in [5.74, 6) is 0.828. The van der Waals surface area contributed by atoms with Gasteiger partial charge in [-0.2, -0.15) is 0 Å². The van der Waals surface area contributed by atoms with Crippen molar-refractivity contribution in [1.29, 1.82) is 0 Å². The van der Waals surface area contributed by atoms with Crippen LogP contribution in [0.4, 0.5) is 0 Å². The van der Waals surface area contributed by atoms with E-state index in [2.05, 4.69) is 11.8 Å². The molecule has 0 aromatic heterocycles. The molecule has 0 spiro atoms. The highest BCUT2D eigenvalue weighted by Gasteiger charge is 1.83. The van der Waals surface area contributed by atoms with Crippen LogP contribution in [-0.2, 0) is 11.8 Å². The lowest BCUT2D eigenvalue weighted by molar-refractivity contribution is 0.644. The molecule has 0 heterocycles. The molecule has 0 atom stereocenters. The van der Waals surface area contributed by atoms with Crippen LogP contribution in [-0.4, -0.2) is 0 Å². The minimum Gasteiger partial charge on any atom is -0.429 e. The van der Waals surface area contributed by atoms with Gasteiger partial charge in [0.25, 0.3) is 0 Å².